The summed E-state index contributed by atoms with van der Waals surface area (Å²) in [6, 6.07) is 7.48. The molecule has 1 amide bonds. The predicted molar refractivity (Wildman–Crippen MR) is 101 cm³/mol. The summed E-state index contributed by atoms with van der Waals surface area (Å²) in [5, 5.41) is 2.99. The van der Waals surface area contributed by atoms with Gasteiger partial charge >= 0.3 is 0 Å². The largest absolute Gasteiger partial charge is 0.352 e. The molecule has 0 aromatic heterocycles. The van der Waals surface area contributed by atoms with E-state index in [4.69, 9.17) is 0 Å². The number of anilines is 1. The second kappa shape index (κ2) is 8.19. The number of carbonyl (C=O) groups is 1. The Bertz CT molecular complexity index is 695. The zero-order valence-corrected chi connectivity index (χ0v) is 16.3. The number of sulfonamides is 1. The molecule has 0 aliphatic carbocycles. The van der Waals surface area contributed by atoms with Crippen LogP contribution in [0.4, 0.5) is 5.69 Å². The lowest BCUT2D eigenvalue weighted by Crippen LogP contribution is -2.47. The van der Waals surface area contributed by atoms with Crippen LogP contribution >= 0.6 is 0 Å². The summed E-state index contributed by atoms with van der Waals surface area (Å²) >= 11 is 0. The molecule has 0 radical (unpaired) electrons. The van der Waals surface area contributed by atoms with Gasteiger partial charge in [-0.05, 0) is 50.5 Å². The number of carbonyl (C=O) groups excluding carboxylic acids is 1. The van der Waals surface area contributed by atoms with Crippen molar-refractivity contribution < 1.29 is 13.2 Å². The molecular formula is C18H29N3O3S. The van der Waals surface area contributed by atoms with Crippen LogP contribution in [0.15, 0.2) is 24.3 Å². The van der Waals surface area contributed by atoms with E-state index in [1.807, 2.05) is 26.0 Å². The van der Waals surface area contributed by atoms with E-state index in [2.05, 4.69) is 17.3 Å². The average Bonchev–Trinajstić information content (AvgIpc) is 2.54. The third-order valence-corrected chi connectivity index (χ3v) is 5.73. The molecule has 1 aliphatic heterocycles. The van der Waals surface area contributed by atoms with Gasteiger partial charge in [0.1, 0.15) is 6.54 Å². The van der Waals surface area contributed by atoms with Crippen LogP contribution in [0.25, 0.3) is 0 Å². The van der Waals surface area contributed by atoms with Gasteiger partial charge in [0.25, 0.3) is 0 Å². The van der Waals surface area contributed by atoms with Crippen molar-refractivity contribution in [2.24, 2.45) is 0 Å². The number of hydrogen-bond donors (Lipinski definition) is 1. The standard InChI is InChI=1S/C18H29N3O3S/c1-14(2)16-7-5-6-8-17(16)21(25(4,23)24)13-18(22)19-15-9-11-20(3)12-10-15/h5-8,14-15H,9-13H2,1-4H3,(H,19,22). The number of amides is 1. The number of piperidine rings is 1. The fourth-order valence-corrected chi connectivity index (χ4v) is 4.02. The maximum Gasteiger partial charge on any atom is 0.240 e. The second-order valence-corrected chi connectivity index (χ2v) is 9.04. The van der Waals surface area contributed by atoms with Crippen molar-refractivity contribution in [1.29, 1.82) is 0 Å². The molecule has 0 atom stereocenters. The highest BCUT2D eigenvalue weighted by Crippen LogP contribution is 2.28. The summed E-state index contributed by atoms with van der Waals surface area (Å²) < 4.78 is 25.8. The Morgan fingerprint density at radius 2 is 1.88 bits per heavy atom. The van der Waals surface area contributed by atoms with Crippen molar-refractivity contribution in [2.45, 2.75) is 38.6 Å². The quantitative estimate of drug-likeness (QED) is 0.832. The van der Waals surface area contributed by atoms with Gasteiger partial charge in [0.15, 0.2) is 0 Å². The zero-order chi connectivity index (χ0) is 18.6. The number of para-hydroxylation sites is 1. The molecule has 25 heavy (non-hydrogen) atoms. The summed E-state index contributed by atoms with van der Waals surface area (Å²) in [5.41, 5.74) is 1.50. The highest BCUT2D eigenvalue weighted by atomic mass is 32.2. The molecule has 1 fully saturated rings. The Morgan fingerprint density at radius 3 is 2.44 bits per heavy atom. The Balaban J connectivity index is 2.15. The lowest BCUT2D eigenvalue weighted by molar-refractivity contribution is -0.120. The van der Waals surface area contributed by atoms with Gasteiger partial charge in [-0.2, -0.15) is 0 Å². The lowest BCUT2D eigenvalue weighted by atomic mass is 10.0. The molecule has 2 rings (SSSR count). The van der Waals surface area contributed by atoms with Crippen LogP contribution in [-0.2, 0) is 14.8 Å². The average molecular weight is 368 g/mol. The maximum absolute atomic E-state index is 12.5. The molecule has 140 valence electrons. The van der Waals surface area contributed by atoms with Crippen molar-refractivity contribution in [1.82, 2.24) is 10.2 Å². The van der Waals surface area contributed by atoms with Gasteiger partial charge in [0.05, 0.1) is 11.9 Å². The number of benzene rings is 1. The third kappa shape index (κ3) is 5.44. The van der Waals surface area contributed by atoms with Crippen LogP contribution in [0.3, 0.4) is 0 Å². The lowest BCUT2D eigenvalue weighted by Gasteiger charge is -2.31. The SMILES string of the molecule is CC(C)c1ccccc1N(CC(=O)NC1CCN(C)CC1)S(C)(=O)=O. The molecule has 1 N–H and O–H groups in total. The first-order chi connectivity index (χ1) is 11.7. The van der Waals surface area contributed by atoms with Crippen LogP contribution in [-0.4, -0.2) is 58.2 Å². The minimum Gasteiger partial charge on any atom is -0.352 e. The summed E-state index contributed by atoms with van der Waals surface area (Å²) in [7, 11) is -1.49. The number of hydrogen-bond acceptors (Lipinski definition) is 4. The van der Waals surface area contributed by atoms with E-state index in [9.17, 15) is 13.2 Å². The first-order valence-electron chi connectivity index (χ1n) is 8.73. The van der Waals surface area contributed by atoms with Crippen LogP contribution in [0.1, 0.15) is 38.2 Å². The van der Waals surface area contributed by atoms with Crippen LogP contribution in [0, 0.1) is 0 Å². The first kappa shape index (κ1) is 19.7. The van der Waals surface area contributed by atoms with Gasteiger partial charge in [-0.25, -0.2) is 8.42 Å². The molecule has 0 spiro atoms. The summed E-state index contributed by atoms with van der Waals surface area (Å²) in [6.07, 6.45) is 2.93. The van der Waals surface area contributed by atoms with E-state index in [0.717, 1.165) is 37.8 Å². The minimum absolute atomic E-state index is 0.116. The fourth-order valence-electron chi connectivity index (χ4n) is 3.14. The molecule has 1 heterocycles. The zero-order valence-electron chi connectivity index (χ0n) is 15.5. The van der Waals surface area contributed by atoms with Crippen molar-refractivity contribution in [3.63, 3.8) is 0 Å². The topological polar surface area (TPSA) is 69.7 Å². The normalized spacial score (nSPS) is 16.8. The molecule has 1 aromatic carbocycles. The molecule has 0 saturated carbocycles. The monoisotopic (exact) mass is 367 g/mol. The predicted octanol–water partition coefficient (Wildman–Crippen LogP) is 1.79. The molecule has 0 bridgehead atoms. The number of likely N-dealkylation sites (tertiary alicyclic amines) is 1. The van der Waals surface area contributed by atoms with E-state index in [0.29, 0.717) is 5.69 Å². The first-order valence-corrected chi connectivity index (χ1v) is 10.6. The summed E-state index contributed by atoms with van der Waals surface area (Å²) in [6.45, 7) is 5.72. The number of nitrogens with zero attached hydrogens (tertiary/aromatic N) is 2. The van der Waals surface area contributed by atoms with Gasteiger partial charge in [0, 0.05) is 6.04 Å². The van der Waals surface area contributed by atoms with Crippen molar-refractivity contribution >= 4 is 21.6 Å². The number of rotatable bonds is 6. The molecule has 6 nitrogen and oxygen atoms in total. The highest BCUT2D eigenvalue weighted by Gasteiger charge is 2.25. The van der Waals surface area contributed by atoms with Gasteiger partial charge in [0.2, 0.25) is 15.9 Å². The van der Waals surface area contributed by atoms with Crippen molar-refractivity contribution in [3.05, 3.63) is 29.8 Å². The van der Waals surface area contributed by atoms with E-state index in [1.54, 1.807) is 12.1 Å². The molecule has 1 saturated heterocycles. The Morgan fingerprint density at radius 1 is 1.28 bits per heavy atom. The van der Waals surface area contributed by atoms with Gasteiger partial charge < -0.3 is 10.2 Å². The molecular weight excluding hydrogens is 338 g/mol. The molecule has 7 heteroatoms. The van der Waals surface area contributed by atoms with E-state index in [1.165, 1.54) is 4.31 Å². The van der Waals surface area contributed by atoms with Crippen molar-refractivity contribution in [3.8, 4) is 0 Å². The summed E-state index contributed by atoms with van der Waals surface area (Å²) in [4.78, 5) is 14.7. The Kier molecular flexibility index (Phi) is 6.46. The molecule has 1 aromatic rings. The second-order valence-electron chi connectivity index (χ2n) is 7.13. The van der Waals surface area contributed by atoms with Gasteiger partial charge in [-0.3, -0.25) is 9.10 Å². The Labute approximate surface area is 151 Å². The molecule has 1 aliphatic rings. The summed E-state index contributed by atoms with van der Waals surface area (Å²) in [5.74, 6) is -0.0871. The Hall–Kier alpha value is -1.60. The van der Waals surface area contributed by atoms with Gasteiger partial charge in [-0.15, -0.1) is 0 Å². The van der Waals surface area contributed by atoms with Crippen LogP contribution < -0.4 is 9.62 Å². The van der Waals surface area contributed by atoms with Crippen LogP contribution in [0.2, 0.25) is 0 Å². The highest BCUT2D eigenvalue weighted by molar-refractivity contribution is 7.92. The molecule has 0 unspecified atom stereocenters. The smallest absolute Gasteiger partial charge is 0.240 e. The third-order valence-electron chi connectivity index (χ3n) is 4.60. The maximum atomic E-state index is 12.5. The minimum atomic E-state index is -3.55. The van der Waals surface area contributed by atoms with E-state index >= 15 is 0 Å². The van der Waals surface area contributed by atoms with E-state index in [-0.39, 0.29) is 24.4 Å². The fraction of sp³-hybridized carbons (Fsp3) is 0.611. The van der Waals surface area contributed by atoms with Gasteiger partial charge in [-0.1, -0.05) is 32.0 Å². The van der Waals surface area contributed by atoms with E-state index < -0.39 is 10.0 Å². The number of nitrogens with one attached hydrogen (secondary N) is 1. The van der Waals surface area contributed by atoms with Crippen molar-refractivity contribution in [2.75, 3.05) is 37.2 Å². The van der Waals surface area contributed by atoms with Crippen LogP contribution in [0.5, 0.6) is 0 Å².